The number of benzene rings is 1. The number of nitrogens with one attached hydrogen (secondary N) is 1. The molecule has 3 atom stereocenters. The summed E-state index contributed by atoms with van der Waals surface area (Å²) >= 11 is 5.99. The third-order valence-electron chi connectivity index (χ3n) is 9.09. The summed E-state index contributed by atoms with van der Waals surface area (Å²) in [5.74, 6) is -0.542. The number of piperidine rings is 1. The number of alkyl halides is 2. The fraction of sp³-hybridized carbons (Fsp3) is 0.607. The summed E-state index contributed by atoms with van der Waals surface area (Å²) in [4.78, 5) is 28.7. The molecule has 0 radical (unpaired) electrons. The number of rotatable bonds is 9. The first-order chi connectivity index (χ1) is 18.5. The highest BCUT2D eigenvalue weighted by atomic mass is 35.5. The normalized spacial score (nSPS) is 26.3. The van der Waals surface area contributed by atoms with Crippen LogP contribution in [0.25, 0.3) is 0 Å². The summed E-state index contributed by atoms with van der Waals surface area (Å²) in [5, 5.41) is 17.8. The number of halogens is 3. The Labute approximate surface area is 231 Å². The van der Waals surface area contributed by atoms with Crippen molar-refractivity contribution in [2.24, 2.45) is 17.3 Å². The minimum absolute atomic E-state index is 0.0905. The van der Waals surface area contributed by atoms with E-state index < -0.39 is 23.5 Å². The zero-order chi connectivity index (χ0) is 27.9. The van der Waals surface area contributed by atoms with E-state index in [2.05, 4.69) is 20.1 Å². The van der Waals surface area contributed by atoms with E-state index in [1.807, 2.05) is 19.9 Å². The van der Waals surface area contributed by atoms with Crippen LogP contribution in [0.1, 0.15) is 64.0 Å². The van der Waals surface area contributed by atoms with Gasteiger partial charge in [-0.3, -0.25) is 14.3 Å². The standard InChI is InChI=1S/C28H35ClF2N4O4/c1-17(2)22-7-10-32-35(22)28(24(36)33-21-6-5-20(29)14-23(21)39-26(30)31)8-11-34(12-9-28)16-27(25(37)38)15-18-3-4-19(27)13-18/h5-7,10,14,17-19,26H,3-4,8-9,11-13,15-16H2,1-2H3,(H,33,36)(H,37,38). The molecule has 3 fully saturated rings. The molecule has 2 bridgehead atoms. The number of fused-ring (bicyclic) bond motifs is 2. The molecule has 2 N–H and O–H groups in total. The van der Waals surface area contributed by atoms with Gasteiger partial charge in [-0.2, -0.15) is 13.9 Å². The van der Waals surface area contributed by atoms with E-state index in [4.69, 9.17) is 11.6 Å². The van der Waals surface area contributed by atoms with Gasteiger partial charge in [0, 0.05) is 42.6 Å². The molecule has 5 rings (SSSR count). The first-order valence-electron chi connectivity index (χ1n) is 13.6. The van der Waals surface area contributed by atoms with Crippen LogP contribution in [0.3, 0.4) is 0 Å². The van der Waals surface area contributed by atoms with Crippen molar-refractivity contribution in [2.45, 2.75) is 70.4 Å². The lowest BCUT2D eigenvalue weighted by Crippen LogP contribution is -2.56. The van der Waals surface area contributed by atoms with Gasteiger partial charge in [-0.25, -0.2) is 0 Å². The van der Waals surface area contributed by atoms with Crippen molar-refractivity contribution in [3.05, 3.63) is 41.2 Å². The third kappa shape index (κ3) is 5.13. The molecule has 3 unspecified atom stereocenters. The second-order valence-corrected chi connectivity index (χ2v) is 12.1. The smallest absolute Gasteiger partial charge is 0.387 e. The number of amides is 1. The van der Waals surface area contributed by atoms with Gasteiger partial charge >= 0.3 is 12.6 Å². The van der Waals surface area contributed by atoms with Gasteiger partial charge in [-0.05, 0) is 68.1 Å². The van der Waals surface area contributed by atoms with Crippen LogP contribution in [0.4, 0.5) is 14.5 Å². The Morgan fingerprint density at radius 3 is 2.56 bits per heavy atom. The molecule has 2 aromatic rings. The van der Waals surface area contributed by atoms with E-state index in [9.17, 15) is 23.5 Å². The number of aromatic nitrogens is 2. The largest absolute Gasteiger partial charge is 0.481 e. The van der Waals surface area contributed by atoms with Crippen LogP contribution in [0.2, 0.25) is 5.02 Å². The maximum absolute atomic E-state index is 14.1. The number of hydrogen-bond acceptors (Lipinski definition) is 5. The molecule has 1 saturated heterocycles. The molecule has 11 heteroatoms. The lowest BCUT2D eigenvalue weighted by Gasteiger charge is -2.45. The van der Waals surface area contributed by atoms with Gasteiger partial charge in [-0.1, -0.05) is 31.9 Å². The van der Waals surface area contributed by atoms with Gasteiger partial charge in [0.25, 0.3) is 5.91 Å². The van der Waals surface area contributed by atoms with Crippen LogP contribution >= 0.6 is 11.6 Å². The number of ether oxygens (including phenoxy) is 1. The van der Waals surface area contributed by atoms with Gasteiger partial charge in [-0.15, -0.1) is 0 Å². The molecule has 1 amide bonds. The number of carbonyl (C=O) groups is 2. The predicted octanol–water partition coefficient (Wildman–Crippen LogP) is 5.58. The van der Waals surface area contributed by atoms with Gasteiger partial charge in [0.05, 0.1) is 11.1 Å². The number of carboxylic acids is 1. The molecule has 1 aromatic carbocycles. The molecular formula is C28H35ClF2N4O4. The van der Waals surface area contributed by atoms with Gasteiger partial charge in [0.2, 0.25) is 0 Å². The topological polar surface area (TPSA) is 96.7 Å². The number of aliphatic carboxylic acids is 1. The molecule has 0 spiro atoms. The molecule has 3 aliphatic rings. The molecule has 2 saturated carbocycles. The number of hydrogen-bond donors (Lipinski definition) is 2. The fourth-order valence-corrected chi connectivity index (χ4v) is 7.28. The van der Waals surface area contributed by atoms with Crippen LogP contribution in [-0.2, 0) is 15.1 Å². The Balaban J connectivity index is 1.41. The van der Waals surface area contributed by atoms with E-state index in [0.29, 0.717) is 38.4 Å². The molecule has 212 valence electrons. The first-order valence-corrected chi connectivity index (χ1v) is 14.0. The van der Waals surface area contributed by atoms with Crippen LogP contribution < -0.4 is 10.1 Å². The lowest BCUT2D eigenvalue weighted by molar-refractivity contribution is -0.155. The third-order valence-corrected chi connectivity index (χ3v) is 9.33. The van der Waals surface area contributed by atoms with Crippen molar-refractivity contribution in [3.63, 3.8) is 0 Å². The Morgan fingerprint density at radius 1 is 1.23 bits per heavy atom. The van der Waals surface area contributed by atoms with Crippen molar-refractivity contribution >= 4 is 29.2 Å². The predicted molar refractivity (Wildman–Crippen MR) is 142 cm³/mol. The molecule has 1 aromatic heterocycles. The number of carbonyl (C=O) groups excluding carboxylic acids is 1. The first kappa shape index (κ1) is 27.8. The Kier molecular flexibility index (Phi) is 7.63. The lowest BCUT2D eigenvalue weighted by atomic mass is 9.72. The number of nitrogens with zero attached hydrogens (tertiary/aromatic N) is 3. The Morgan fingerprint density at radius 2 is 1.97 bits per heavy atom. The van der Waals surface area contributed by atoms with Gasteiger partial charge in [0.15, 0.2) is 5.75 Å². The van der Waals surface area contributed by atoms with Crippen molar-refractivity contribution < 1.29 is 28.2 Å². The van der Waals surface area contributed by atoms with Crippen LogP contribution in [0, 0.1) is 17.3 Å². The summed E-state index contributed by atoms with van der Waals surface area (Å²) in [6.07, 6.45) is 6.23. The average molecular weight is 565 g/mol. The van der Waals surface area contributed by atoms with Gasteiger partial charge < -0.3 is 20.1 Å². The second kappa shape index (κ2) is 10.7. The van der Waals surface area contributed by atoms with Crippen molar-refractivity contribution in [3.8, 4) is 5.75 Å². The van der Waals surface area contributed by atoms with Crippen LogP contribution in [0.15, 0.2) is 30.5 Å². The number of likely N-dealkylation sites (tertiary alicyclic amines) is 1. The quantitative estimate of drug-likeness (QED) is 0.413. The highest BCUT2D eigenvalue weighted by Gasteiger charge is 2.57. The molecule has 2 heterocycles. The SMILES string of the molecule is CC(C)c1ccnn1C1(C(=O)Nc2ccc(Cl)cc2OC(F)F)CCN(CC2(C(=O)O)CC3CCC2C3)CC1. The summed E-state index contributed by atoms with van der Waals surface area (Å²) in [7, 11) is 0. The molecule has 1 aliphatic heterocycles. The van der Waals surface area contributed by atoms with E-state index in [0.717, 1.165) is 31.4 Å². The summed E-state index contributed by atoms with van der Waals surface area (Å²) in [5.41, 5.74) is -0.845. The molecule has 8 nitrogen and oxygen atoms in total. The zero-order valence-corrected chi connectivity index (χ0v) is 23.0. The number of anilines is 1. The average Bonchev–Trinajstić information content (AvgIpc) is 3.63. The highest BCUT2D eigenvalue weighted by Crippen LogP contribution is 2.56. The fourth-order valence-electron chi connectivity index (χ4n) is 7.12. The molecule has 2 aliphatic carbocycles. The Hall–Kier alpha value is -2.72. The van der Waals surface area contributed by atoms with E-state index in [1.54, 1.807) is 10.9 Å². The Bertz CT molecular complexity index is 1230. The summed E-state index contributed by atoms with van der Waals surface area (Å²) < 4.78 is 32.6. The zero-order valence-electron chi connectivity index (χ0n) is 22.2. The summed E-state index contributed by atoms with van der Waals surface area (Å²) in [6.45, 7) is 2.46. The minimum Gasteiger partial charge on any atom is -0.481 e. The van der Waals surface area contributed by atoms with Gasteiger partial charge in [0.1, 0.15) is 5.54 Å². The molecular weight excluding hydrogens is 530 g/mol. The number of carboxylic acid groups (broad SMARTS) is 1. The summed E-state index contributed by atoms with van der Waals surface area (Å²) in [6, 6.07) is 6.07. The molecule has 39 heavy (non-hydrogen) atoms. The monoisotopic (exact) mass is 564 g/mol. The second-order valence-electron chi connectivity index (χ2n) is 11.6. The maximum Gasteiger partial charge on any atom is 0.387 e. The van der Waals surface area contributed by atoms with Crippen molar-refractivity contribution in [1.82, 2.24) is 14.7 Å². The van der Waals surface area contributed by atoms with E-state index in [1.165, 1.54) is 18.2 Å². The maximum atomic E-state index is 14.1. The van der Waals surface area contributed by atoms with E-state index >= 15 is 0 Å². The minimum atomic E-state index is -3.08. The van der Waals surface area contributed by atoms with E-state index in [-0.39, 0.29) is 34.2 Å². The van der Waals surface area contributed by atoms with Crippen molar-refractivity contribution in [2.75, 3.05) is 25.0 Å². The van der Waals surface area contributed by atoms with Crippen molar-refractivity contribution in [1.29, 1.82) is 0 Å². The van der Waals surface area contributed by atoms with Crippen LogP contribution in [0.5, 0.6) is 5.75 Å². The van der Waals surface area contributed by atoms with Crippen LogP contribution in [-0.4, -0.2) is 57.9 Å². The highest BCUT2D eigenvalue weighted by molar-refractivity contribution is 6.30.